The molecule has 1 amide bonds. The summed E-state index contributed by atoms with van der Waals surface area (Å²) in [7, 11) is -4.17. The van der Waals surface area contributed by atoms with E-state index in [0.717, 1.165) is 23.8 Å². The predicted molar refractivity (Wildman–Crippen MR) is 107 cm³/mol. The van der Waals surface area contributed by atoms with Gasteiger partial charge in [0, 0.05) is 12.2 Å². The summed E-state index contributed by atoms with van der Waals surface area (Å²) in [5, 5.41) is 2.64. The number of hydrogen-bond acceptors (Lipinski definition) is 5. The molecule has 0 saturated carbocycles. The number of anilines is 1. The third kappa shape index (κ3) is 5.97. The lowest BCUT2D eigenvalue weighted by molar-refractivity contribution is -0.119. The topological polar surface area (TPSA) is 102 Å². The van der Waals surface area contributed by atoms with Crippen LogP contribution in [-0.4, -0.2) is 33.4 Å². The standard InChI is InChI=1S/C20H21FN2O5S/c1-3-11-22-29(26,27)18-12-15(9-10-16(18)21)20(25)28-13-19(24)23-17-8-6-5-7-14(17)4-2/h3,5-10,12,22H,1,4,11,13H2,2H3,(H,23,24). The van der Waals surface area contributed by atoms with E-state index in [9.17, 15) is 22.4 Å². The molecule has 0 aliphatic heterocycles. The molecule has 0 spiro atoms. The smallest absolute Gasteiger partial charge is 0.338 e. The zero-order valence-corrected chi connectivity index (χ0v) is 16.6. The maximum atomic E-state index is 13.9. The Labute approximate surface area is 168 Å². The van der Waals surface area contributed by atoms with E-state index in [1.807, 2.05) is 19.1 Å². The average molecular weight is 420 g/mol. The van der Waals surface area contributed by atoms with Gasteiger partial charge in [-0.15, -0.1) is 6.58 Å². The lowest BCUT2D eigenvalue weighted by atomic mass is 10.1. The molecule has 2 aromatic carbocycles. The van der Waals surface area contributed by atoms with Gasteiger partial charge in [0.2, 0.25) is 10.0 Å². The van der Waals surface area contributed by atoms with Crippen molar-refractivity contribution in [1.82, 2.24) is 4.72 Å². The highest BCUT2D eigenvalue weighted by Gasteiger charge is 2.21. The zero-order valence-electron chi connectivity index (χ0n) is 15.8. The van der Waals surface area contributed by atoms with Crippen molar-refractivity contribution >= 4 is 27.6 Å². The Morgan fingerprint density at radius 3 is 2.62 bits per heavy atom. The van der Waals surface area contributed by atoms with Crippen LogP contribution in [-0.2, 0) is 26.0 Å². The van der Waals surface area contributed by atoms with E-state index < -0.39 is 39.2 Å². The van der Waals surface area contributed by atoms with Crippen LogP contribution in [0.3, 0.4) is 0 Å². The van der Waals surface area contributed by atoms with Gasteiger partial charge in [0.05, 0.1) is 5.56 Å². The molecule has 0 atom stereocenters. The van der Waals surface area contributed by atoms with Gasteiger partial charge >= 0.3 is 5.97 Å². The van der Waals surface area contributed by atoms with Gasteiger partial charge in [0.25, 0.3) is 5.91 Å². The van der Waals surface area contributed by atoms with Crippen LogP contribution in [0.4, 0.5) is 10.1 Å². The molecule has 2 N–H and O–H groups in total. The molecular formula is C20H21FN2O5S. The highest BCUT2D eigenvalue weighted by molar-refractivity contribution is 7.89. The summed E-state index contributed by atoms with van der Waals surface area (Å²) in [4.78, 5) is 23.5. The van der Waals surface area contributed by atoms with Crippen molar-refractivity contribution < 1.29 is 27.1 Å². The van der Waals surface area contributed by atoms with Crippen molar-refractivity contribution in [1.29, 1.82) is 0 Å². The fourth-order valence-corrected chi connectivity index (χ4v) is 3.53. The molecular weight excluding hydrogens is 399 g/mol. The first-order valence-electron chi connectivity index (χ1n) is 8.73. The van der Waals surface area contributed by atoms with Gasteiger partial charge in [-0.1, -0.05) is 31.2 Å². The Kier molecular flexibility index (Phi) is 7.63. The van der Waals surface area contributed by atoms with Crippen molar-refractivity contribution in [2.75, 3.05) is 18.5 Å². The van der Waals surface area contributed by atoms with Crippen molar-refractivity contribution in [3.63, 3.8) is 0 Å². The number of esters is 1. The van der Waals surface area contributed by atoms with Crippen molar-refractivity contribution in [3.05, 3.63) is 72.1 Å². The molecule has 0 aromatic heterocycles. The van der Waals surface area contributed by atoms with Crippen LogP contribution in [0.15, 0.2) is 60.0 Å². The number of halogens is 1. The monoisotopic (exact) mass is 420 g/mol. The number of aryl methyl sites for hydroxylation is 1. The largest absolute Gasteiger partial charge is 0.452 e. The minimum absolute atomic E-state index is 0.101. The Morgan fingerprint density at radius 2 is 1.93 bits per heavy atom. The summed E-state index contributed by atoms with van der Waals surface area (Å²) in [5.41, 5.74) is 1.33. The summed E-state index contributed by atoms with van der Waals surface area (Å²) in [6.07, 6.45) is 2.01. The minimum Gasteiger partial charge on any atom is -0.452 e. The first-order valence-corrected chi connectivity index (χ1v) is 10.2. The van der Waals surface area contributed by atoms with Gasteiger partial charge in [0.1, 0.15) is 10.7 Å². The molecule has 29 heavy (non-hydrogen) atoms. The first kappa shape index (κ1) is 22.3. The predicted octanol–water partition coefficient (Wildman–Crippen LogP) is 2.65. The number of carbonyl (C=O) groups is 2. The van der Waals surface area contributed by atoms with E-state index in [1.54, 1.807) is 12.1 Å². The number of rotatable bonds is 9. The maximum Gasteiger partial charge on any atom is 0.338 e. The molecule has 2 aromatic rings. The molecule has 154 valence electrons. The van der Waals surface area contributed by atoms with E-state index in [0.29, 0.717) is 12.1 Å². The molecule has 0 bridgehead atoms. The second-order valence-electron chi connectivity index (χ2n) is 5.92. The molecule has 0 aliphatic carbocycles. The SMILES string of the molecule is C=CCNS(=O)(=O)c1cc(C(=O)OCC(=O)Nc2ccccc2CC)ccc1F. The molecule has 0 radical (unpaired) electrons. The number of ether oxygens (including phenoxy) is 1. The molecule has 0 fully saturated rings. The highest BCUT2D eigenvalue weighted by atomic mass is 32.2. The first-order chi connectivity index (χ1) is 13.8. The van der Waals surface area contributed by atoms with Crippen molar-refractivity contribution in [3.8, 4) is 0 Å². The van der Waals surface area contributed by atoms with Crippen LogP contribution < -0.4 is 10.0 Å². The van der Waals surface area contributed by atoms with Crippen LogP contribution >= 0.6 is 0 Å². The number of nitrogens with one attached hydrogen (secondary N) is 2. The van der Waals surface area contributed by atoms with Crippen molar-refractivity contribution in [2.24, 2.45) is 0 Å². The molecule has 2 rings (SSSR count). The normalized spacial score (nSPS) is 11.0. The van der Waals surface area contributed by atoms with E-state index in [4.69, 9.17) is 4.74 Å². The van der Waals surface area contributed by atoms with E-state index in [1.165, 1.54) is 6.08 Å². The third-order valence-electron chi connectivity index (χ3n) is 3.88. The average Bonchev–Trinajstić information content (AvgIpc) is 2.71. The molecule has 9 heteroatoms. The third-order valence-corrected chi connectivity index (χ3v) is 5.32. The molecule has 7 nitrogen and oxygen atoms in total. The van der Waals surface area contributed by atoms with Crippen LogP contribution in [0.2, 0.25) is 0 Å². The van der Waals surface area contributed by atoms with Crippen molar-refractivity contribution in [2.45, 2.75) is 18.2 Å². The quantitative estimate of drug-likeness (QED) is 0.480. The van der Waals surface area contributed by atoms with Crippen LogP contribution in [0.1, 0.15) is 22.8 Å². The van der Waals surface area contributed by atoms with Gasteiger partial charge in [0.15, 0.2) is 6.61 Å². The van der Waals surface area contributed by atoms with Gasteiger partial charge in [-0.25, -0.2) is 22.3 Å². The lowest BCUT2D eigenvalue weighted by Crippen LogP contribution is -2.25. The number of amides is 1. The summed E-state index contributed by atoms with van der Waals surface area (Å²) in [6.45, 7) is 4.63. The summed E-state index contributed by atoms with van der Waals surface area (Å²) in [5.74, 6) is -2.53. The molecule has 0 heterocycles. The highest BCUT2D eigenvalue weighted by Crippen LogP contribution is 2.18. The fourth-order valence-electron chi connectivity index (χ4n) is 2.43. The van der Waals surface area contributed by atoms with E-state index in [2.05, 4.69) is 16.6 Å². The number of benzene rings is 2. The van der Waals surface area contributed by atoms with Crippen LogP contribution in [0.5, 0.6) is 0 Å². The fraction of sp³-hybridized carbons (Fsp3) is 0.200. The maximum absolute atomic E-state index is 13.9. The number of hydrogen-bond donors (Lipinski definition) is 2. The molecule has 0 aliphatic rings. The summed E-state index contributed by atoms with van der Waals surface area (Å²) < 4.78 is 45.2. The second-order valence-corrected chi connectivity index (χ2v) is 7.66. The summed E-state index contributed by atoms with van der Waals surface area (Å²) in [6, 6.07) is 9.98. The minimum atomic E-state index is -4.17. The van der Waals surface area contributed by atoms with E-state index >= 15 is 0 Å². The Bertz CT molecular complexity index is 1020. The van der Waals surface area contributed by atoms with Gasteiger partial charge in [-0.3, -0.25) is 4.79 Å². The number of carbonyl (C=O) groups excluding carboxylic acids is 2. The number of sulfonamides is 1. The Hall–Kier alpha value is -3.04. The second kappa shape index (κ2) is 9.94. The lowest BCUT2D eigenvalue weighted by Gasteiger charge is -2.11. The van der Waals surface area contributed by atoms with Crippen LogP contribution in [0, 0.1) is 5.82 Å². The van der Waals surface area contributed by atoms with Gasteiger partial charge in [-0.05, 0) is 36.2 Å². The molecule has 0 unspecified atom stereocenters. The zero-order chi connectivity index (χ0) is 21.4. The van der Waals surface area contributed by atoms with Crippen LogP contribution in [0.25, 0.3) is 0 Å². The van der Waals surface area contributed by atoms with E-state index in [-0.39, 0.29) is 12.1 Å². The number of para-hydroxylation sites is 1. The van der Waals surface area contributed by atoms with Gasteiger partial charge < -0.3 is 10.1 Å². The van der Waals surface area contributed by atoms with Gasteiger partial charge in [-0.2, -0.15) is 0 Å². The Balaban J connectivity index is 2.06. The Morgan fingerprint density at radius 1 is 1.21 bits per heavy atom. The summed E-state index contributed by atoms with van der Waals surface area (Å²) >= 11 is 0. The molecule has 0 saturated heterocycles.